The minimum Gasteiger partial charge on any atom is -0.382 e. The van der Waals surface area contributed by atoms with E-state index in [4.69, 9.17) is 15.7 Å². The Morgan fingerprint density at radius 2 is 1.96 bits per heavy atom. The first kappa shape index (κ1) is 15.8. The van der Waals surface area contributed by atoms with Crippen molar-refractivity contribution in [3.8, 4) is 0 Å². The maximum Gasteiger partial charge on any atom is 0.150 e. The van der Waals surface area contributed by atoms with Crippen molar-refractivity contribution in [2.24, 2.45) is 4.99 Å². The third kappa shape index (κ3) is 2.59. The van der Waals surface area contributed by atoms with Crippen LogP contribution in [0, 0.1) is 6.92 Å². The minimum absolute atomic E-state index is 0.0974. The molecule has 5 nitrogen and oxygen atoms in total. The van der Waals surface area contributed by atoms with Crippen molar-refractivity contribution in [2.45, 2.75) is 19.4 Å². The summed E-state index contributed by atoms with van der Waals surface area (Å²) in [5.74, 6) is 1.41. The summed E-state index contributed by atoms with van der Waals surface area (Å²) < 4.78 is 2.00. The van der Waals surface area contributed by atoms with E-state index < -0.39 is 0 Å². The van der Waals surface area contributed by atoms with Gasteiger partial charge in [0, 0.05) is 18.8 Å². The molecule has 2 aromatic heterocycles. The second kappa shape index (κ2) is 6.06. The average Bonchev–Trinajstić information content (AvgIpc) is 3.06. The molecule has 2 N–H and O–H groups in total. The molecule has 0 bridgehead atoms. The lowest BCUT2D eigenvalue weighted by Crippen LogP contribution is -2.18. The number of aliphatic imine (C=N–C) groups is 1. The van der Waals surface area contributed by atoms with E-state index in [9.17, 15) is 0 Å². The number of anilines is 1. The van der Waals surface area contributed by atoms with Crippen LogP contribution in [0.25, 0.3) is 11.1 Å². The molecule has 1 aromatic carbocycles. The van der Waals surface area contributed by atoms with E-state index >= 15 is 0 Å². The van der Waals surface area contributed by atoms with E-state index in [1.807, 2.05) is 35.7 Å². The predicted molar refractivity (Wildman–Crippen MR) is 109 cm³/mol. The highest BCUT2D eigenvalue weighted by Gasteiger charge is 2.24. The molecule has 0 saturated heterocycles. The Labute approximate surface area is 157 Å². The number of hydrogen-bond acceptors (Lipinski definition) is 4. The van der Waals surface area contributed by atoms with E-state index in [1.165, 1.54) is 5.57 Å². The molecule has 5 rings (SSSR count). The number of aryl methyl sites for hydroxylation is 1. The second-order valence-electron chi connectivity index (χ2n) is 6.83. The van der Waals surface area contributed by atoms with E-state index in [-0.39, 0.29) is 6.04 Å². The van der Waals surface area contributed by atoms with Gasteiger partial charge in [-0.2, -0.15) is 0 Å². The molecular weight excluding hydrogens is 334 g/mol. The molecular formula is C22H19N5. The van der Waals surface area contributed by atoms with Crippen LogP contribution in [0.2, 0.25) is 0 Å². The zero-order valence-corrected chi connectivity index (χ0v) is 15.0. The standard InChI is InChI=1S/C22H19N5/c1-14-25-20(21-22(23)24-11-12-27(14)21)17-8-7-16-9-10-18(26-19(16)13-17)15-5-3-2-4-6-15/h2-12,19H,13H2,1H3,(H2,23,24). The molecule has 2 aliphatic rings. The van der Waals surface area contributed by atoms with Crippen molar-refractivity contribution in [1.29, 1.82) is 0 Å². The van der Waals surface area contributed by atoms with Gasteiger partial charge in [-0.1, -0.05) is 48.6 Å². The average molecular weight is 353 g/mol. The molecule has 0 saturated carbocycles. The van der Waals surface area contributed by atoms with E-state index in [0.717, 1.165) is 40.3 Å². The van der Waals surface area contributed by atoms with Gasteiger partial charge in [0.1, 0.15) is 17.2 Å². The van der Waals surface area contributed by atoms with Gasteiger partial charge in [0.05, 0.1) is 17.4 Å². The number of dihydropyridines is 1. The lowest BCUT2D eigenvalue weighted by atomic mass is 9.89. The van der Waals surface area contributed by atoms with Gasteiger partial charge in [0.15, 0.2) is 0 Å². The summed E-state index contributed by atoms with van der Waals surface area (Å²) in [5, 5.41) is 0. The Bertz CT molecular complexity index is 1160. The number of benzene rings is 1. The van der Waals surface area contributed by atoms with Crippen molar-refractivity contribution in [1.82, 2.24) is 14.4 Å². The smallest absolute Gasteiger partial charge is 0.150 e. The Balaban J connectivity index is 1.55. The maximum atomic E-state index is 6.15. The number of imidazole rings is 1. The van der Waals surface area contributed by atoms with Crippen molar-refractivity contribution in [2.75, 3.05) is 5.73 Å². The van der Waals surface area contributed by atoms with Gasteiger partial charge >= 0.3 is 0 Å². The summed E-state index contributed by atoms with van der Waals surface area (Å²) in [6.45, 7) is 1.98. The fraction of sp³-hybridized carbons (Fsp3) is 0.136. The van der Waals surface area contributed by atoms with Gasteiger partial charge in [0.25, 0.3) is 0 Å². The molecule has 27 heavy (non-hydrogen) atoms. The van der Waals surface area contributed by atoms with E-state index in [0.29, 0.717) is 5.82 Å². The third-order valence-electron chi connectivity index (χ3n) is 5.14. The molecule has 0 fully saturated rings. The van der Waals surface area contributed by atoms with Crippen LogP contribution >= 0.6 is 0 Å². The molecule has 1 aliphatic heterocycles. The van der Waals surface area contributed by atoms with Crippen molar-refractivity contribution < 1.29 is 0 Å². The lowest BCUT2D eigenvalue weighted by molar-refractivity contribution is 0.800. The van der Waals surface area contributed by atoms with E-state index in [2.05, 4.69) is 41.4 Å². The van der Waals surface area contributed by atoms with Crippen LogP contribution in [0.4, 0.5) is 5.82 Å². The van der Waals surface area contributed by atoms with Gasteiger partial charge in [-0.15, -0.1) is 0 Å². The van der Waals surface area contributed by atoms with Crippen molar-refractivity contribution in [3.05, 3.63) is 89.7 Å². The Hall–Kier alpha value is -3.47. The van der Waals surface area contributed by atoms with Gasteiger partial charge in [-0.25, -0.2) is 9.97 Å². The van der Waals surface area contributed by atoms with Crippen molar-refractivity contribution in [3.63, 3.8) is 0 Å². The fourth-order valence-electron chi connectivity index (χ4n) is 3.77. The molecule has 0 amide bonds. The Kier molecular flexibility index (Phi) is 3.53. The molecule has 0 radical (unpaired) electrons. The number of nitrogen functional groups attached to an aromatic ring is 1. The number of nitrogens with zero attached hydrogens (tertiary/aromatic N) is 4. The zero-order chi connectivity index (χ0) is 18.4. The SMILES string of the molecule is Cc1nc(C2=CC=C3C=CC(c4ccccc4)=NC3C2)c2c(N)nccn12. The number of allylic oxidation sites excluding steroid dienone is 3. The lowest BCUT2D eigenvalue weighted by Gasteiger charge is -2.23. The number of fused-ring (bicyclic) bond motifs is 2. The largest absolute Gasteiger partial charge is 0.382 e. The summed E-state index contributed by atoms with van der Waals surface area (Å²) in [6.07, 6.45) is 12.9. The summed E-state index contributed by atoms with van der Waals surface area (Å²) in [4.78, 5) is 14.0. The van der Waals surface area contributed by atoms with Gasteiger partial charge in [0.2, 0.25) is 0 Å². The number of aromatic nitrogens is 3. The summed E-state index contributed by atoms with van der Waals surface area (Å²) in [6, 6.07) is 10.4. The number of hydrogen-bond donors (Lipinski definition) is 1. The van der Waals surface area contributed by atoms with Crippen LogP contribution in [-0.4, -0.2) is 26.1 Å². The third-order valence-corrected chi connectivity index (χ3v) is 5.14. The topological polar surface area (TPSA) is 68.6 Å². The van der Waals surface area contributed by atoms with Crippen LogP contribution in [0.3, 0.4) is 0 Å². The van der Waals surface area contributed by atoms with E-state index in [1.54, 1.807) is 6.20 Å². The predicted octanol–water partition coefficient (Wildman–Crippen LogP) is 3.76. The van der Waals surface area contributed by atoms with Gasteiger partial charge < -0.3 is 5.73 Å². The first-order chi connectivity index (χ1) is 13.2. The molecule has 1 atom stereocenters. The van der Waals surface area contributed by atoms with Crippen LogP contribution in [0.5, 0.6) is 0 Å². The van der Waals surface area contributed by atoms with Gasteiger partial charge in [-0.3, -0.25) is 9.39 Å². The highest BCUT2D eigenvalue weighted by atomic mass is 15.1. The molecule has 5 heteroatoms. The van der Waals surface area contributed by atoms with Gasteiger partial charge in [-0.05, 0) is 29.7 Å². The number of nitrogens with two attached hydrogens (primary N) is 1. The highest BCUT2D eigenvalue weighted by Crippen LogP contribution is 2.34. The molecule has 0 spiro atoms. The Morgan fingerprint density at radius 1 is 1.11 bits per heavy atom. The monoisotopic (exact) mass is 353 g/mol. The quantitative estimate of drug-likeness (QED) is 0.763. The fourth-order valence-corrected chi connectivity index (χ4v) is 3.77. The van der Waals surface area contributed by atoms with Crippen LogP contribution in [0.15, 0.2) is 77.6 Å². The number of rotatable bonds is 2. The highest BCUT2D eigenvalue weighted by molar-refractivity contribution is 6.10. The molecule has 3 aromatic rings. The minimum atomic E-state index is 0.0974. The second-order valence-corrected chi connectivity index (χ2v) is 6.83. The first-order valence-electron chi connectivity index (χ1n) is 9.02. The zero-order valence-electron chi connectivity index (χ0n) is 15.0. The first-order valence-corrected chi connectivity index (χ1v) is 9.02. The summed E-state index contributed by atoms with van der Waals surface area (Å²) in [7, 11) is 0. The normalized spacial score (nSPS) is 18.7. The molecule has 1 unspecified atom stereocenters. The van der Waals surface area contributed by atoms with Crippen LogP contribution < -0.4 is 5.73 Å². The molecule has 1 aliphatic carbocycles. The molecule has 132 valence electrons. The van der Waals surface area contributed by atoms with Crippen LogP contribution in [0.1, 0.15) is 23.5 Å². The van der Waals surface area contributed by atoms with Crippen molar-refractivity contribution >= 4 is 22.6 Å². The van der Waals surface area contributed by atoms with Crippen LogP contribution in [-0.2, 0) is 0 Å². The summed E-state index contributed by atoms with van der Waals surface area (Å²) in [5.41, 5.74) is 12.5. The maximum absolute atomic E-state index is 6.15. The molecule has 3 heterocycles. The summed E-state index contributed by atoms with van der Waals surface area (Å²) >= 11 is 0. The Morgan fingerprint density at radius 3 is 2.81 bits per heavy atom.